The lowest BCUT2D eigenvalue weighted by Gasteiger charge is -2.09. The van der Waals surface area contributed by atoms with Crippen molar-refractivity contribution in [2.75, 3.05) is 0 Å². The maximum atomic E-state index is 6.16. The van der Waals surface area contributed by atoms with E-state index in [4.69, 9.17) is 23.2 Å². The highest BCUT2D eigenvalue weighted by Gasteiger charge is 2.14. The monoisotopic (exact) mass is 367 g/mol. The Labute approximate surface area is 134 Å². The number of aromatic nitrogens is 3. The maximum Gasteiger partial charge on any atom is 0.229 e. The van der Waals surface area contributed by atoms with E-state index in [1.165, 1.54) is 0 Å². The first kappa shape index (κ1) is 13.6. The van der Waals surface area contributed by atoms with Crippen molar-refractivity contribution >= 4 is 39.1 Å². The summed E-state index contributed by atoms with van der Waals surface area (Å²) in [5, 5.41) is 9.04. The van der Waals surface area contributed by atoms with E-state index in [1.807, 2.05) is 42.5 Å². The van der Waals surface area contributed by atoms with Crippen molar-refractivity contribution < 1.29 is 0 Å². The summed E-state index contributed by atoms with van der Waals surface area (Å²) in [6.45, 7) is 0. The van der Waals surface area contributed by atoms with Crippen LogP contribution < -0.4 is 0 Å². The molecule has 1 aromatic heterocycles. The Bertz CT molecular complexity index is 756. The van der Waals surface area contributed by atoms with Gasteiger partial charge >= 0.3 is 0 Å². The number of benzene rings is 2. The molecule has 100 valence electrons. The summed E-state index contributed by atoms with van der Waals surface area (Å²) in [6.07, 6.45) is 0. The molecule has 3 nitrogen and oxygen atoms in total. The van der Waals surface area contributed by atoms with E-state index < -0.39 is 0 Å². The molecule has 1 heterocycles. The minimum atomic E-state index is 0.304. The molecule has 2 aromatic carbocycles. The average molecular weight is 369 g/mol. The van der Waals surface area contributed by atoms with E-state index in [9.17, 15) is 0 Å². The van der Waals surface area contributed by atoms with Crippen molar-refractivity contribution in [1.82, 2.24) is 14.8 Å². The van der Waals surface area contributed by atoms with Crippen molar-refractivity contribution in [1.29, 1.82) is 0 Å². The predicted octanol–water partition coefficient (Wildman–Crippen LogP) is 5.00. The number of hydrogen-bond donors (Lipinski definition) is 0. The molecule has 0 aliphatic heterocycles. The molecule has 0 amide bonds. The minimum Gasteiger partial charge on any atom is -0.266 e. The Morgan fingerprint density at radius 1 is 0.950 bits per heavy atom. The van der Waals surface area contributed by atoms with Crippen LogP contribution in [0, 0.1) is 0 Å². The lowest BCUT2D eigenvalue weighted by Crippen LogP contribution is -1.97. The first-order valence-electron chi connectivity index (χ1n) is 5.78. The molecule has 20 heavy (non-hydrogen) atoms. The van der Waals surface area contributed by atoms with Crippen molar-refractivity contribution in [3.8, 4) is 17.1 Å². The van der Waals surface area contributed by atoms with Crippen LogP contribution in [0.15, 0.2) is 53.0 Å². The molecular weight excluding hydrogens is 361 g/mol. The molecular formula is C14H8BrCl2N3. The van der Waals surface area contributed by atoms with Gasteiger partial charge in [0.15, 0.2) is 5.82 Å². The predicted molar refractivity (Wildman–Crippen MR) is 84.5 cm³/mol. The van der Waals surface area contributed by atoms with Crippen molar-refractivity contribution in [3.63, 3.8) is 0 Å². The molecule has 0 spiro atoms. The molecule has 6 heteroatoms. The van der Waals surface area contributed by atoms with Crippen LogP contribution in [0.5, 0.6) is 0 Å². The van der Waals surface area contributed by atoms with Gasteiger partial charge in [0.1, 0.15) is 0 Å². The summed E-state index contributed by atoms with van der Waals surface area (Å²) in [5.74, 6) is 0.685. The van der Waals surface area contributed by atoms with Gasteiger partial charge in [0, 0.05) is 10.0 Å². The molecule has 0 atom stereocenters. The summed E-state index contributed by atoms with van der Waals surface area (Å²) in [5.41, 5.74) is 1.79. The van der Waals surface area contributed by atoms with Gasteiger partial charge in [-0.15, -0.1) is 10.2 Å². The third-order valence-corrected chi connectivity index (χ3v) is 4.28. The van der Waals surface area contributed by atoms with Crippen molar-refractivity contribution in [2.24, 2.45) is 0 Å². The van der Waals surface area contributed by atoms with Gasteiger partial charge < -0.3 is 0 Å². The molecule has 0 bridgehead atoms. The molecule has 0 aliphatic rings. The highest BCUT2D eigenvalue weighted by Crippen LogP contribution is 2.29. The molecule has 0 saturated heterocycles. The lowest BCUT2D eigenvalue weighted by atomic mass is 10.2. The van der Waals surface area contributed by atoms with Gasteiger partial charge in [0.05, 0.1) is 10.7 Å². The van der Waals surface area contributed by atoms with E-state index >= 15 is 0 Å². The zero-order valence-electron chi connectivity index (χ0n) is 10.1. The maximum absolute atomic E-state index is 6.16. The highest BCUT2D eigenvalue weighted by atomic mass is 79.9. The van der Waals surface area contributed by atoms with Gasteiger partial charge in [-0.3, -0.25) is 4.57 Å². The van der Waals surface area contributed by atoms with Crippen LogP contribution in [0.25, 0.3) is 17.1 Å². The Kier molecular flexibility index (Phi) is 3.78. The molecule has 0 saturated carbocycles. The van der Waals surface area contributed by atoms with Crippen LogP contribution in [-0.2, 0) is 0 Å². The summed E-state index contributed by atoms with van der Waals surface area (Å²) < 4.78 is 2.57. The Balaban J connectivity index is 2.19. The fraction of sp³-hybridized carbons (Fsp3) is 0. The van der Waals surface area contributed by atoms with Crippen LogP contribution in [0.1, 0.15) is 0 Å². The second-order valence-corrected chi connectivity index (χ2v) is 5.69. The fourth-order valence-corrected chi connectivity index (χ4v) is 2.59. The van der Waals surface area contributed by atoms with Crippen LogP contribution in [0.2, 0.25) is 10.3 Å². The Morgan fingerprint density at radius 2 is 1.70 bits per heavy atom. The summed E-state index contributed by atoms with van der Waals surface area (Å²) in [4.78, 5) is 0. The Hall–Kier alpha value is -1.36. The molecule has 3 aromatic rings. The lowest BCUT2D eigenvalue weighted by molar-refractivity contribution is 1.06. The molecule has 0 aliphatic carbocycles. The summed E-state index contributed by atoms with van der Waals surface area (Å²) in [7, 11) is 0. The van der Waals surface area contributed by atoms with Crippen LogP contribution in [0.3, 0.4) is 0 Å². The van der Waals surface area contributed by atoms with E-state index in [-0.39, 0.29) is 0 Å². The first-order chi connectivity index (χ1) is 9.66. The van der Waals surface area contributed by atoms with Gasteiger partial charge in [-0.05, 0) is 45.7 Å². The van der Waals surface area contributed by atoms with E-state index in [1.54, 1.807) is 10.6 Å². The molecule has 0 unspecified atom stereocenters. The van der Waals surface area contributed by atoms with Crippen LogP contribution in [-0.4, -0.2) is 14.8 Å². The quantitative estimate of drug-likeness (QED) is 0.636. The normalized spacial score (nSPS) is 10.8. The van der Waals surface area contributed by atoms with Crippen molar-refractivity contribution in [3.05, 3.63) is 63.3 Å². The van der Waals surface area contributed by atoms with Crippen LogP contribution >= 0.6 is 39.1 Å². The highest BCUT2D eigenvalue weighted by molar-refractivity contribution is 9.10. The summed E-state index contributed by atoms with van der Waals surface area (Å²) in [6, 6.07) is 15.3. The first-order valence-corrected chi connectivity index (χ1v) is 7.33. The standard InChI is InChI=1S/C14H8BrCl2N3/c15-11-8-10(6-7-12(11)16)20-13(18-19-14(20)17)9-4-2-1-3-5-9/h1-8H. The zero-order valence-corrected chi connectivity index (χ0v) is 13.2. The molecule has 0 radical (unpaired) electrons. The fourth-order valence-electron chi connectivity index (χ4n) is 1.89. The van der Waals surface area contributed by atoms with Gasteiger partial charge in [0.25, 0.3) is 0 Å². The second kappa shape index (κ2) is 5.56. The Morgan fingerprint density at radius 3 is 2.40 bits per heavy atom. The minimum absolute atomic E-state index is 0.304. The van der Waals surface area contributed by atoms with Gasteiger partial charge in [-0.2, -0.15) is 0 Å². The third kappa shape index (κ3) is 2.46. The SMILES string of the molecule is Clc1ccc(-n2c(Cl)nnc2-c2ccccc2)cc1Br. The third-order valence-electron chi connectivity index (χ3n) is 2.82. The number of halogens is 3. The largest absolute Gasteiger partial charge is 0.266 e. The number of nitrogens with zero attached hydrogens (tertiary/aromatic N) is 3. The van der Waals surface area contributed by atoms with Gasteiger partial charge in [-0.1, -0.05) is 41.9 Å². The van der Waals surface area contributed by atoms with Crippen LogP contribution in [0.4, 0.5) is 0 Å². The van der Waals surface area contributed by atoms with E-state index in [2.05, 4.69) is 26.1 Å². The molecule has 3 rings (SSSR count). The topological polar surface area (TPSA) is 30.7 Å². The van der Waals surface area contributed by atoms with E-state index in [0.29, 0.717) is 16.1 Å². The van der Waals surface area contributed by atoms with Crippen molar-refractivity contribution in [2.45, 2.75) is 0 Å². The average Bonchev–Trinajstić information content (AvgIpc) is 2.85. The second-order valence-electron chi connectivity index (χ2n) is 4.09. The number of hydrogen-bond acceptors (Lipinski definition) is 2. The summed E-state index contributed by atoms with van der Waals surface area (Å²) >= 11 is 15.6. The van der Waals surface area contributed by atoms with Gasteiger partial charge in [-0.25, -0.2) is 0 Å². The van der Waals surface area contributed by atoms with Gasteiger partial charge in [0.2, 0.25) is 5.28 Å². The smallest absolute Gasteiger partial charge is 0.229 e. The number of rotatable bonds is 2. The molecule has 0 N–H and O–H groups in total. The van der Waals surface area contributed by atoms with E-state index in [0.717, 1.165) is 15.7 Å². The zero-order chi connectivity index (χ0) is 14.1. The molecule has 0 fully saturated rings.